The number of carbonyl (C=O) groups excluding carboxylic acids is 5. The van der Waals surface area contributed by atoms with Crippen LogP contribution < -0.4 is 0 Å². The van der Waals surface area contributed by atoms with Crippen molar-refractivity contribution in [1.82, 2.24) is 29.9 Å². The van der Waals surface area contributed by atoms with E-state index in [2.05, 4.69) is 203 Å². The Bertz CT molecular complexity index is 4670. The van der Waals surface area contributed by atoms with Gasteiger partial charge in [0, 0.05) is 108 Å². The van der Waals surface area contributed by atoms with Crippen LogP contribution in [-0.2, 0) is 30.6 Å². The average Bonchev–Trinajstić information content (AvgIpc) is 1.44. The number of halogens is 9. The highest BCUT2D eigenvalue weighted by Crippen LogP contribution is 2.47. The molecular weight excluding hydrogens is 1870 g/mol. The van der Waals surface area contributed by atoms with E-state index in [1.165, 1.54) is 58.9 Å². The quantitative estimate of drug-likeness (QED) is 0.0362. The summed E-state index contributed by atoms with van der Waals surface area (Å²) in [4.78, 5) is 75.3. The number of aliphatic hydroxyl groups is 2. The van der Waals surface area contributed by atoms with Crippen LogP contribution in [-0.4, -0.2) is 90.3 Å². The van der Waals surface area contributed by atoms with Crippen LogP contribution in [0.5, 0.6) is 5.75 Å². The number of benzene rings is 3. The number of nitrogens with zero attached hydrogens (tertiary/aromatic N) is 3. The molecule has 3 aromatic carbocycles. The summed E-state index contributed by atoms with van der Waals surface area (Å²) < 4.78 is 1.28. The van der Waals surface area contributed by atoms with Crippen LogP contribution >= 0.6 is 126 Å². The van der Waals surface area contributed by atoms with E-state index in [9.17, 15) is 29.1 Å². The number of pyridine rings is 3. The van der Waals surface area contributed by atoms with E-state index in [1.807, 2.05) is 105 Å². The van der Waals surface area contributed by atoms with Crippen molar-refractivity contribution in [2.24, 2.45) is 32.5 Å². The molecule has 6 aliphatic rings. The van der Waals surface area contributed by atoms with Gasteiger partial charge >= 0.3 is 3.18 Å². The highest BCUT2D eigenvalue weighted by Gasteiger charge is 2.33. The van der Waals surface area contributed by atoms with E-state index < -0.39 is 0 Å². The monoisotopic (exact) mass is 1970 g/mol. The van der Waals surface area contributed by atoms with E-state index in [0.717, 1.165) is 181 Å². The zero-order valence-corrected chi connectivity index (χ0v) is 79.7. The highest BCUT2D eigenvalue weighted by molar-refractivity contribution is 9.69. The first kappa shape index (κ1) is 99.2. The Morgan fingerprint density at radius 1 is 0.440 bits per heavy atom. The van der Waals surface area contributed by atoms with Crippen LogP contribution in [0.3, 0.4) is 0 Å². The van der Waals surface area contributed by atoms with Gasteiger partial charge in [-0.1, -0.05) is 187 Å². The van der Waals surface area contributed by atoms with Gasteiger partial charge in [0.1, 0.15) is 52.6 Å². The second-order valence-corrected chi connectivity index (χ2v) is 44.5. The lowest BCUT2D eigenvalue weighted by Gasteiger charge is -2.33. The first-order chi connectivity index (χ1) is 54.5. The average molecular weight is 1980 g/mol. The standard InChI is InChI=1S/C15H18BrCl.C15H19ClO.C15H17ClO.C9H13ClO.C8H8N2O.C8H12O2.C8H14O.C7H5BrN2.C7H6N2O.BBr3/c1-15(2)8-7-12(10-16)14(9-15)11-3-5-13(17)6-4-11;2*1-15(2)8-7-12(10-17)14(9-15)11-3-5-13(16)6-4-11;1-9(2)4-3-7(6-11)8(10)5-9;11-5-6-3-7-1-2-9-8(7)10-4-6;1-8(2)4-6(9)3-7(10)5-8;1-8(2)5-3-4-7(9)6-8;8-6-3-5-1-2-9-7(5)10-4-6;10-6-3-5-1-2-8-7(5)9-4-6;2-1(3)4/h3-6H,7-10H2,1-2H3;3-6,17H,7-10H2,1-2H3;3-6,10H,7-9H2,1-2H3;6H,3-5H2,1-2H3;1-4,11H,5H2,(H,9,10);3-5H2,1-2H3;3-6H2,1-2H3;1-4H,(H,9,10);1-4,10H,(H,8,9);. The minimum absolute atomic E-state index is 0.0497. The number of Topliss-reactive ketones (excluding diaryl/α,β-unsaturated/α-hetero) is 3. The third-order valence-corrected chi connectivity index (χ3v) is 23.1. The van der Waals surface area contributed by atoms with Crippen molar-refractivity contribution in [2.45, 2.75) is 212 Å². The van der Waals surface area contributed by atoms with Crippen molar-refractivity contribution in [3.8, 4) is 5.75 Å². The number of ketones is 3. The molecule has 9 aromatic rings. The molecule has 2 saturated carbocycles. The molecular formula is C92H112BBr5Cl4N6O8. The molecule has 0 spiro atoms. The summed E-state index contributed by atoms with van der Waals surface area (Å²) in [5, 5.41) is 34.4. The van der Waals surface area contributed by atoms with Gasteiger partial charge in [0.15, 0.2) is 0 Å². The molecule has 0 atom stereocenters. The Labute approximate surface area is 748 Å². The number of H-pyrrole nitrogens is 3. The normalized spacial score (nSPS) is 18.0. The summed E-state index contributed by atoms with van der Waals surface area (Å²) in [6, 6.07) is 35.3. The topological polar surface area (TPSA) is 232 Å². The maximum atomic E-state index is 11.1. The number of aromatic amines is 3. The van der Waals surface area contributed by atoms with Crippen molar-refractivity contribution < 1.29 is 39.3 Å². The minimum atomic E-state index is -0.0770. The van der Waals surface area contributed by atoms with Crippen LogP contribution in [0.2, 0.25) is 15.1 Å². The lowest BCUT2D eigenvalue weighted by molar-refractivity contribution is -0.133. The molecule has 0 saturated heterocycles. The van der Waals surface area contributed by atoms with Gasteiger partial charge in [-0.15, -0.1) is 47.3 Å². The molecule has 15 rings (SSSR count). The zero-order valence-electron chi connectivity index (χ0n) is 68.8. The number of rotatable bonds is 8. The van der Waals surface area contributed by atoms with Gasteiger partial charge in [-0.25, -0.2) is 15.0 Å². The Morgan fingerprint density at radius 2 is 0.819 bits per heavy atom. The molecule has 6 aromatic heterocycles. The van der Waals surface area contributed by atoms with Crippen molar-refractivity contribution in [3.05, 3.63) is 215 Å². The van der Waals surface area contributed by atoms with Crippen molar-refractivity contribution in [1.29, 1.82) is 0 Å². The number of fused-ring (bicyclic) bond motifs is 3. The van der Waals surface area contributed by atoms with Gasteiger partial charge in [-0.05, 0) is 261 Å². The molecule has 24 heteroatoms. The fourth-order valence-corrected chi connectivity index (χ4v) is 16.3. The van der Waals surface area contributed by atoms with Crippen LogP contribution in [0.4, 0.5) is 0 Å². The number of aromatic nitrogens is 6. The van der Waals surface area contributed by atoms with Crippen LogP contribution in [0.1, 0.15) is 227 Å². The van der Waals surface area contributed by atoms with Crippen molar-refractivity contribution in [2.75, 3.05) is 11.9 Å². The number of aldehydes is 2. The van der Waals surface area contributed by atoms with Gasteiger partial charge in [0.05, 0.1) is 25.8 Å². The number of aromatic hydroxyl groups is 1. The van der Waals surface area contributed by atoms with Gasteiger partial charge in [-0.3, -0.25) is 24.0 Å². The fraction of sp³-hybridized carbons (Fsp3) is 0.435. The molecule has 6 N–H and O–H groups in total. The fourth-order valence-electron chi connectivity index (χ4n) is 14.5. The lowest BCUT2D eigenvalue weighted by atomic mass is 9.73. The van der Waals surface area contributed by atoms with Gasteiger partial charge < -0.3 is 30.3 Å². The largest absolute Gasteiger partial charge is 0.506 e. The minimum Gasteiger partial charge on any atom is -0.506 e. The van der Waals surface area contributed by atoms with E-state index in [4.69, 9.17) is 56.6 Å². The number of hydrogen-bond acceptors (Lipinski definition) is 11. The number of allylic oxidation sites excluding steroid dienone is 7. The van der Waals surface area contributed by atoms with E-state index in [0.29, 0.717) is 34.9 Å². The summed E-state index contributed by atoms with van der Waals surface area (Å²) >= 11 is 39.9. The summed E-state index contributed by atoms with van der Waals surface area (Å²) in [7, 11) is 0. The molecule has 624 valence electrons. The van der Waals surface area contributed by atoms with Gasteiger partial charge in [0.2, 0.25) is 0 Å². The second-order valence-electron chi connectivity index (χ2n) is 34.9. The molecule has 0 bridgehead atoms. The number of nitrogens with one attached hydrogen (secondary N) is 3. The van der Waals surface area contributed by atoms with Crippen molar-refractivity contribution in [3.63, 3.8) is 0 Å². The summed E-state index contributed by atoms with van der Waals surface area (Å²) in [5.74, 6) is 0.848. The molecule has 0 amide bonds. The number of hydrogen-bond donors (Lipinski definition) is 6. The Hall–Kier alpha value is -5.62. The highest BCUT2D eigenvalue weighted by atomic mass is 79.9. The molecule has 0 radical (unpaired) electrons. The van der Waals surface area contributed by atoms with Gasteiger partial charge in [-0.2, -0.15) is 0 Å². The zero-order chi connectivity index (χ0) is 85.8. The van der Waals surface area contributed by atoms with Crippen LogP contribution in [0, 0.1) is 32.5 Å². The number of carbonyl (C=O) groups is 5. The predicted octanol–water partition coefficient (Wildman–Crippen LogP) is 27.7. The second kappa shape index (κ2) is 47.0. The molecule has 0 aliphatic heterocycles. The molecule has 6 aliphatic carbocycles. The number of alkyl halides is 1. The smallest absolute Gasteiger partial charge is 0.369 e. The summed E-state index contributed by atoms with van der Waals surface area (Å²) in [6.07, 6.45) is 30.0. The van der Waals surface area contributed by atoms with Crippen LogP contribution in [0.25, 0.3) is 49.8 Å². The maximum absolute atomic E-state index is 11.1. The molecule has 14 nitrogen and oxygen atoms in total. The molecule has 116 heavy (non-hydrogen) atoms. The Balaban J connectivity index is 0.000000204. The Kier molecular flexibility index (Phi) is 40.2. The Morgan fingerprint density at radius 3 is 1.23 bits per heavy atom. The first-order valence-electron chi connectivity index (χ1n) is 39.1. The van der Waals surface area contributed by atoms with Gasteiger partial charge in [0.25, 0.3) is 0 Å². The molecule has 0 unspecified atom stereocenters. The SMILES string of the molecule is BrB(Br)Br.Brc1cnc2[nH]ccc2c1.CC1(C)CC(=O)CC(=O)C1.CC1(C)CCC(C=O)=C(Cl)C1.CC1(C)CCC(C=O)=C(c2ccc(Cl)cc2)C1.CC1(C)CCC(CBr)=C(c2ccc(Cl)cc2)C1.CC1(C)CCC(CO)=C(c2ccc(Cl)cc2)C1.CC1(C)CCCC(=O)C1.OCc1cnc2[nH]ccc2c1.Oc1cnc2[nH]ccc2c1. The van der Waals surface area contributed by atoms with Crippen molar-refractivity contribution >= 4 is 208 Å². The van der Waals surface area contributed by atoms with Crippen LogP contribution in [0.15, 0.2) is 178 Å². The third-order valence-electron chi connectivity index (χ3n) is 20.9. The van der Waals surface area contributed by atoms with E-state index in [-0.39, 0.29) is 56.4 Å². The third kappa shape index (κ3) is 34.8. The lowest BCUT2D eigenvalue weighted by Crippen LogP contribution is -2.28. The first-order valence-corrected chi connectivity index (χ1v) is 45.3. The summed E-state index contributed by atoms with van der Waals surface area (Å²) in [6.45, 7) is 26.6. The molecule has 6 heterocycles. The predicted molar refractivity (Wildman–Crippen MR) is 503 cm³/mol. The number of aliphatic hydroxyl groups excluding tert-OH is 2. The summed E-state index contributed by atoms with van der Waals surface area (Å²) in [5.41, 5.74) is 17.1. The van der Waals surface area contributed by atoms with E-state index >= 15 is 0 Å². The maximum Gasteiger partial charge on any atom is 0.369 e. The molecule has 2 fully saturated rings. The van der Waals surface area contributed by atoms with E-state index in [1.54, 1.807) is 30.2 Å².